The fraction of sp³-hybridized carbons (Fsp3) is 0.500. The second-order valence-electron chi connectivity index (χ2n) is 5.84. The van der Waals surface area contributed by atoms with Crippen LogP contribution >= 0.6 is 12.4 Å². The van der Waals surface area contributed by atoms with Gasteiger partial charge in [0.05, 0.1) is 0 Å². The highest BCUT2D eigenvalue weighted by Gasteiger charge is 2.35. The maximum Gasteiger partial charge on any atom is 0.573 e. The second-order valence-corrected chi connectivity index (χ2v) is 5.84. The first kappa shape index (κ1) is 22.0. The summed E-state index contributed by atoms with van der Waals surface area (Å²) in [4.78, 5) is 25.8. The first-order chi connectivity index (χ1) is 11.7. The van der Waals surface area contributed by atoms with Crippen molar-refractivity contribution >= 4 is 29.9 Å². The van der Waals surface area contributed by atoms with Gasteiger partial charge in [-0.1, -0.05) is 13.0 Å². The van der Waals surface area contributed by atoms with Crippen LogP contribution in [0.5, 0.6) is 5.75 Å². The minimum Gasteiger partial charge on any atom is -0.406 e. The smallest absolute Gasteiger partial charge is 0.406 e. The molecule has 1 aliphatic heterocycles. The van der Waals surface area contributed by atoms with Gasteiger partial charge >= 0.3 is 6.36 Å². The molecule has 26 heavy (non-hydrogen) atoms. The standard InChI is InChI=1S/C16H20F3N3O3.ClH/c1-10(9-20-2)14(23)21-13-6-7-22(15(13)24)11-4-3-5-12(8-11)25-16(17,18)19;/h3-5,8,10,13,20H,6-7,9H2,1-2H3,(H,21,23);1H. The Bertz CT molecular complexity index is 643. The molecule has 146 valence electrons. The van der Waals surface area contributed by atoms with Crippen molar-refractivity contribution in [2.24, 2.45) is 5.92 Å². The van der Waals surface area contributed by atoms with Crippen LogP contribution in [0.25, 0.3) is 0 Å². The van der Waals surface area contributed by atoms with E-state index in [2.05, 4.69) is 15.4 Å². The third kappa shape index (κ3) is 5.77. The number of nitrogens with zero attached hydrogens (tertiary/aromatic N) is 1. The Morgan fingerprint density at radius 1 is 1.42 bits per heavy atom. The number of carbonyl (C=O) groups excluding carboxylic acids is 2. The number of ether oxygens (including phenoxy) is 1. The van der Waals surface area contributed by atoms with Gasteiger partial charge in [-0.25, -0.2) is 0 Å². The molecule has 1 aromatic rings. The summed E-state index contributed by atoms with van der Waals surface area (Å²) in [6, 6.07) is 4.54. The van der Waals surface area contributed by atoms with E-state index in [0.29, 0.717) is 25.2 Å². The summed E-state index contributed by atoms with van der Waals surface area (Å²) < 4.78 is 40.8. The van der Waals surface area contributed by atoms with Gasteiger partial charge in [-0.05, 0) is 25.6 Å². The molecule has 1 saturated heterocycles. The van der Waals surface area contributed by atoms with Gasteiger partial charge in [0.25, 0.3) is 0 Å². The van der Waals surface area contributed by atoms with Crippen LogP contribution in [0.4, 0.5) is 18.9 Å². The molecule has 2 unspecified atom stereocenters. The van der Waals surface area contributed by atoms with Crippen LogP contribution in [0.15, 0.2) is 24.3 Å². The Morgan fingerprint density at radius 2 is 2.12 bits per heavy atom. The first-order valence-electron chi connectivity index (χ1n) is 7.83. The Hall–Kier alpha value is -2.00. The summed E-state index contributed by atoms with van der Waals surface area (Å²) in [5, 5.41) is 5.57. The largest absolute Gasteiger partial charge is 0.573 e. The van der Waals surface area contributed by atoms with Gasteiger partial charge in [-0.15, -0.1) is 25.6 Å². The Balaban J connectivity index is 0.00000338. The van der Waals surface area contributed by atoms with Crippen molar-refractivity contribution < 1.29 is 27.5 Å². The van der Waals surface area contributed by atoms with E-state index in [9.17, 15) is 22.8 Å². The number of hydrogen-bond acceptors (Lipinski definition) is 4. The highest BCUT2D eigenvalue weighted by Crippen LogP contribution is 2.29. The monoisotopic (exact) mass is 395 g/mol. The Kier molecular flexibility index (Phi) is 7.70. The predicted octanol–water partition coefficient (Wildman–Crippen LogP) is 2.08. The summed E-state index contributed by atoms with van der Waals surface area (Å²) >= 11 is 0. The van der Waals surface area contributed by atoms with Gasteiger partial charge in [-0.3, -0.25) is 9.59 Å². The summed E-state index contributed by atoms with van der Waals surface area (Å²) in [5.41, 5.74) is 0.298. The van der Waals surface area contributed by atoms with E-state index in [1.807, 2.05) is 0 Å². The first-order valence-corrected chi connectivity index (χ1v) is 7.83. The van der Waals surface area contributed by atoms with Crippen molar-refractivity contribution in [3.05, 3.63) is 24.3 Å². The lowest BCUT2D eigenvalue weighted by atomic mass is 10.1. The van der Waals surface area contributed by atoms with Crippen molar-refractivity contribution in [3.8, 4) is 5.75 Å². The number of alkyl halides is 3. The second kappa shape index (κ2) is 9.09. The van der Waals surface area contributed by atoms with Gasteiger partial charge in [0, 0.05) is 30.8 Å². The molecule has 1 aromatic carbocycles. The molecule has 1 aliphatic rings. The zero-order valence-electron chi connectivity index (χ0n) is 14.3. The van der Waals surface area contributed by atoms with Crippen LogP contribution in [-0.2, 0) is 9.59 Å². The highest BCUT2D eigenvalue weighted by atomic mass is 35.5. The average molecular weight is 396 g/mol. The zero-order valence-corrected chi connectivity index (χ0v) is 15.1. The predicted molar refractivity (Wildman–Crippen MR) is 92.4 cm³/mol. The molecular weight excluding hydrogens is 375 g/mol. The molecule has 2 N–H and O–H groups in total. The molecule has 0 saturated carbocycles. The van der Waals surface area contributed by atoms with E-state index < -0.39 is 18.2 Å². The van der Waals surface area contributed by atoms with E-state index in [1.165, 1.54) is 17.0 Å². The Labute approximate surface area is 155 Å². The number of halogens is 4. The molecule has 2 atom stereocenters. The molecule has 0 aliphatic carbocycles. The number of carbonyl (C=O) groups is 2. The lowest BCUT2D eigenvalue weighted by Crippen LogP contribution is -2.45. The fourth-order valence-corrected chi connectivity index (χ4v) is 2.63. The lowest BCUT2D eigenvalue weighted by molar-refractivity contribution is -0.274. The zero-order chi connectivity index (χ0) is 18.6. The van der Waals surface area contributed by atoms with E-state index in [-0.39, 0.29) is 30.1 Å². The van der Waals surface area contributed by atoms with Crippen LogP contribution < -0.4 is 20.3 Å². The molecule has 0 bridgehead atoms. The van der Waals surface area contributed by atoms with Crippen LogP contribution in [0.2, 0.25) is 0 Å². The lowest BCUT2D eigenvalue weighted by Gasteiger charge is -2.19. The van der Waals surface area contributed by atoms with Crippen LogP contribution in [-0.4, -0.2) is 44.4 Å². The van der Waals surface area contributed by atoms with Crippen molar-refractivity contribution in [2.75, 3.05) is 25.0 Å². The molecule has 10 heteroatoms. The summed E-state index contributed by atoms with van der Waals surface area (Å²) in [7, 11) is 1.72. The van der Waals surface area contributed by atoms with E-state index >= 15 is 0 Å². The highest BCUT2D eigenvalue weighted by molar-refractivity contribution is 6.01. The van der Waals surface area contributed by atoms with Crippen LogP contribution in [0, 0.1) is 5.92 Å². The Morgan fingerprint density at radius 3 is 2.73 bits per heavy atom. The normalized spacial score (nSPS) is 18.3. The molecule has 2 amide bonds. The maximum absolute atomic E-state index is 12.5. The minimum absolute atomic E-state index is 0. The quantitative estimate of drug-likeness (QED) is 0.773. The molecule has 1 fully saturated rings. The fourth-order valence-electron chi connectivity index (χ4n) is 2.63. The van der Waals surface area contributed by atoms with Gasteiger partial charge in [-0.2, -0.15) is 0 Å². The third-order valence-corrected chi connectivity index (χ3v) is 3.84. The van der Waals surface area contributed by atoms with Crippen LogP contribution in [0.1, 0.15) is 13.3 Å². The number of amides is 2. The molecular formula is C16H21ClF3N3O3. The topological polar surface area (TPSA) is 70.7 Å². The SMILES string of the molecule is CNCC(C)C(=O)NC1CCN(c2cccc(OC(F)(F)F)c2)C1=O.Cl. The van der Waals surface area contributed by atoms with Crippen LogP contribution in [0.3, 0.4) is 0 Å². The number of anilines is 1. The van der Waals surface area contributed by atoms with Crippen molar-refractivity contribution in [1.29, 1.82) is 0 Å². The van der Waals surface area contributed by atoms with Gasteiger partial charge < -0.3 is 20.3 Å². The summed E-state index contributed by atoms with van der Waals surface area (Å²) in [6.45, 7) is 2.52. The van der Waals surface area contributed by atoms with E-state index in [1.54, 1.807) is 14.0 Å². The molecule has 6 nitrogen and oxygen atoms in total. The maximum atomic E-state index is 12.5. The number of rotatable bonds is 6. The molecule has 1 heterocycles. The van der Waals surface area contributed by atoms with Crippen molar-refractivity contribution in [2.45, 2.75) is 25.7 Å². The number of benzene rings is 1. The summed E-state index contributed by atoms with van der Waals surface area (Å²) in [5.74, 6) is -1.29. The van der Waals surface area contributed by atoms with Gasteiger partial charge in [0.1, 0.15) is 11.8 Å². The minimum atomic E-state index is -4.80. The molecule has 2 rings (SSSR count). The van der Waals surface area contributed by atoms with Gasteiger partial charge in [0.2, 0.25) is 11.8 Å². The molecule has 0 radical (unpaired) electrons. The van der Waals surface area contributed by atoms with E-state index in [0.717, 1.165) is 12.1 Å². The van der Waals surface area contributed by atoms with Crippen molar-refractivity contribution in [3.63, 3.8) is 0 Å². The van der Waals surface area contributed by atoms with E-state index in [4.69, 9.17) is 0 Å². The molecule has 0 spiro atoms. The number of hydrogen-bond donors (Lipinski definition) is 2. The molecule has 0 aromatic heterocycles. The average Bonchev–Trinajstić information content (AvgIpc) is 2.87. The van der Waals surface area contributed by atoms with Crippen molar-refractivity contribution in [1.82, 2.24) is 10.6 Å². The summed E-state index contributed by atoms with van der Waals surface area (Å²) in [6.07, 6.45) is -4.41. The number of nitrogens with one attached hydrogen (secondary N) is 2. The third-order valence-electron chi connectivity index (χ3n) is 3.84. The van der Waals surface area contributed by atoms with Gasteiger partial charge in [0.15, 0.2) is 0 Å².